The van der Waals surface area contributed by atoms with Gasteiger partial charge in [-0.1, -0.05) is 50.2 Å². The zero-order valence-electron chi connectivity index (χ0n) is 13.2. The van der Waals surface area contributed by atoms with E-state index in [4.69, 9.17) is 4.74 Å². The van der Waals surface area contributed by atoms with Gasteiger partial charge in [-0.25, -0.2) is 0 Å². The van der Waals surface area contributed by atoms with Crippen LogP contribution in [-0.2, 0) is 0 Å². The van der Waals surface area contributed by atoms with Crippen LogP contribution in [0.1, 0.15) is 45.2 Å². The van der Waals surface area contributed by atoms with Gasteiger partial charge in [0.05, 0.1) is 6.61 Å². The lowest BCUT2D eigenvalue weighted by molar-refractivity contribution is 0.269. The first-order valence-electron chi connectivity index (χ1n) is 8.05. The van der Waals surface area contributed by atoms with E-state index >= 15 is 0 Å². The topological polar surface area (TPSA) is 21.3 Å². The molecule has 2 heteroatoms. The van der Waals surface area contributed by atoms with Gasteiger partial charge in [-0.05, 0) is 31.1 Å². The molecule has 2 aromatic carbocycles. The van der Waals surface area contributed by atoms with E-state index < -0.39 is 0 Å². The molecule has 1 atom stereocenters. The maximum Gasteiger partial charge on any atom is 0.131 e. The second kappa shape index (κ2) is 6.07. The fraction of sp³-hybridized carbons (Fsp3) is 0.474. The summed E-state index contributed by atoms with van der Waals surface area (Å²) in [4.78, 5) is 0. The normalized spacial score (nSPS) is 16.4. The minimum Gasteiger partial charge on any atom is -0.492 e. The molecule has 2 nitrogen and oxygen atoms in total. The Morgan fingerprint density at radius 3 is 2.57 bits per heavy atom. The smallest absolute Gasteiger partial charge is 0.131 e. The van der Waals surface area contributed by atoms with Gasteiger partial charge in [0.1, 0.15) is 5.75 Å². The van der Waals surface area contributed by atoms with Crippen LogP contribution in [0, 0.1) is 5.92 Å². The lowest BCUT2D eigenvalue weighted by atomic mass is 10.0. The first-order chi connectivity index (χ1) is 10.1. The van der Waals surface area contributed by atoms with Crippen LogP contribution in [-0.4, -0.2) is 12.6 Å². The molecular weight excluding hydrogens is 258 g/mol. The number of hydrogen-bond acceptors (Lipinski definition) is 2. The van der Waals surface area contributed by atoms with Crippen molar-refractivity contribution in [2.45, 2.75) is 45.7 Å². The molecule has 1 aliphatic carbocycles. The SMILES string of the molecule is CC(C)COc1c(C(C)NC2CC2)ccc2ccccc12. The molecule has 3 rings (SSSR count). The van der Waals surface area contributed by atoms with Gasteiger partial charge in [0.25, 0.3) is 0 Å². The number of hydrogen-bond donors (Lipinski definition) is 1. The zero-order chi connectivity index (χ0) is 14.8. The van der Waals surface area contributed by atoms with Gasteiger partial charge in [-0.2, -0.15) is 0 Å². The van der Waals surface area contributed by atoms with Crippen molar-refractivity contribution < 1.29 is 4.74 Å². The molecule has 1 N–H and O–H groups in total. The number of fused-ring (bicyclic) bond motifs is 1. The highest BCUT2D eigenvalue weighted by atomic mass is 16.5. The average molecular weight is 283 g/mol. The van der Waals surface area contributed by atoms with Gasteiger partial charge >= 0.3 is 0 Å². The van der Waals surface area contributed by atoms with Gasteiger partial charge in [0.2, 0.25) is 0 Å². The number of ether oxygens (including phenoxy) is 1. The van der Waals surface area contributed by atoms with E-state index in [2.05, 4.69) is 62.5 Å². The Morgan fingerprint density at radius 2 is 1.86 bits per heavy atom. The van der Waals surface area contributed by atoms with Crippen molar-refractivity contribution in [2.75, 3.05) is 6.61 Å². The Morgan fingerprint density at radius 1 is 1.10 bits per heavy atom. The minimum absolute atomic E-state index is 0.337. The van der Waals surface area contributed by atoms with E-state index in [1.807, 2.05) is 0 Å². The van der Waals surface area contributed by atoms with Crippen LogP contribution in [0.15, 0.2) is 36.4 Å². The molecule has 2 aromatic rings. The summed E-state index contributed by atoms with van der Waals surface area (Å²) in [5.74, 6) is 1.59. The van der Waals surface area contributed by atoms with Crippen LogP contribution in [0.2, 0.25) is 0 Å². The molecule has 0 heterocycles. The first kappa shape index (κ1) is 14.4. The molecule has 0 bridgehead atoms. The number of benzene rings is 2. The molecule has 0 saturated heterocycles. The molecule has 21 heavy (non-hydrogen) atoms. The maximum atomic E-state index is 6.19. The largest absolute Gasteiger partial charge is 0.492 e. The van der Waals surface area contributed by atoms with Crippen molar-refractivity contribution in [3.8, 4) is 5.75 Å². The molecule has 0 aliphatic heterocycles. The third-order valence-electron chi connectivity index (χ3n) is 4.00. The molecule has 1 fully saturated rings. The molecular formula is C19H25NO. The third-order valence-corrected chi connectivity index (χ3v) is 4.00. The molecule has 1 unspecified atom stereocenters. The summed E-state index contributed by atoms with van der Waals surface area (Å²) in [7, 11) is 0. The predicted molar refractivity (Wildman–Crippen MR) is 88.9 cm³/mol. The Bertz CT molecular complexity index is 616. The highest BCUT2D eigenvalue weighted by Crippen LogP contribution is 2.35. The number of rotatable bonds is 6. The summed E-state index contributed by atoms with van der Waals surface area (Å²) < 4.78 is 6.19. The van der Waals surface area contributed by atoms with Crippen LogP contribution in [0.3, 0.4) is 0 Å². The quantitative estimate of drug-likeness (QED) is 0.830. The number of nitrogens with one attached hydrogen (secondary N) is 1. The van der Waals surface area contributed by atoms with Crippen molar-refractivity contribution in [3.05, 3.63) is 42.0 Å². The molecule has 0 spiro atoms. The van der Waals surface area contributed by atoms with Crippen molar-refractivity contribution in [1.82, 2.24) is 5.32 Å². The second-order valence-corrected chi connectivity index (χ2v) is 6.57. The van der Waals surface area contributed by atoms with Gasteiger partial charge in [0, 0.05) is 23.0 Å². The molecule has 0 aromatic heterocycles. The summed E-state index contributed by atoms with van der Waals surface area (Å²) in [6.07, 6.45) is 2.61. The summed E-state index contributed by atoms with van der Waals surface area (Å²) in [6, 6.07) is 14.0. The van der Waals surface area contributed by atoms with E-state index in [-0.39, 0.29) is 0 Å². The van der Waals surface area contributed by atoms with E-state index in [9.17, 15) is 0 Å². The fourth-order valence-corrected chi connectivity index (χ4v) is 2.71. The maximum absolute atomic E-state index is 6.19. The van der Waals surface area contributed by atoms with Crippen molar-refractivity contribution in [2.24, 2.45) is 5.92 Å². The Balaban J connectivity index is 1.97. The van der Waals surface area contributed by atoms with Crippen molar-refractivity contribution in [1.29, 1.82) is 0 Å². The summed E-state index contributed by atoms with van der Waals surface area (Å²) >= 11 is 0. The average Bonchev–Trinajstić information content (AvgIpc) is 3.28. The van der Waals surface area contributed by atoms with E-state index in [0.717, 1.165) is 12.4 Å². The Labute approximate surface area is 127 Å². The zero-order valence-corrected chi connectivity index (χ0v) is 13.2. The monoisotopic (exact) mass is 283 g/mol. The van der Waals surface area contributed by atoms with Crippen molar-refractivity contribution >= 4 is 10.8 Å². The Kier molecular flexibility index (Phi) is 4.16. The second-order valence-electron chi connectivity index (χ2n) is 6.57. The summed E-state index contributed by atoms with van der Waals surface area (Å²) in [5.41, 5.74) is 1.28. The highest BCUT2D eigenvalue weighted by molar-refractivity contribution is 5.89. The van der Waals surface area contributed by atoms with Crippen molar-refractivity contribution in [3.63, 3.8) is 0 Å². The summed E-state index contributed by atoms with van der Waals surface area (Å²) in [6.45, 7) is 7.38. The van der Waals surface area contributed by atoms with Crippen LogP contribution >= 0.6 is 0 Å². The first-order valence-corrected chi connectivity index (χ1v) is 8.05. The van der Waals surface area contributed by atoms with E-state index in [0.29, 0.717) is 18.0 Å². The van der Waals surface area contributed by atoms with Crippen LogP contribution in [0.25, 0.3) is 10.8 Å². The molecule has 0 radical (unpaired) electrons. The minimum atomic E-state index is 0.337. The lowest BCUT2D eigenvalue weighted by Crippen LogP contribution is -2.21. The van der Waals surface area contributed by atoms with Gasteiger partial charge < -0.3 is 10.1 Å². The highest BCUT2D eigenvalue weighted by Gasteiger charge is 2.25. The van der Waals surface area contributed by atoms with Gasteiger partial charge in [-0.15, -0.1) is 0 Å². The Hall–Kier alpha value is -1.54. The van der Waals surface area contributed by atoms with Gasteiger partial charge in [0.15, 0.2) is 0 Å². The van der Waals surface area contributed by atoms with Crippen LogP contribution in [0.5, 0.6) is 5.75 Å². The van der Waals surface area contributed by atoms with Crippen LogP contribution < -0.4 is 10.1 Å². The van der Waals surface area contributed by atoms with Crippen LogP contribution in [0.4, 0.5) is 0 Å². The molecule has 0 amide bonds. The molecule has 1 saturated carbocycles. The predicted octanol–water partition coefficient (Wildman–Crippen LogP) is 4.69. The third kappa shape index (κ3) is 3.38. The molecule has 1 aliphatic rings. The lowest BCUT2D eigenvalue weighted by Gasteiger charge is -2.21. The van der Waals surface area contributed by atoms with E-state index in [1.54, 1.807) is 0 Å². The molecule has 112 valence electrons. The van der Waals surface area contributed by atoms with E-state index in [1.165, 1.54) is 29.2 Å². The standard InChI is InChI=1S/C19H25NO/c1-13(2)12-21-19-17(14(3)20-16-9-10-16)11-8-15-6-4-5-7-18(15)19/h4-8,11,13-14,16,20H,9-10,12H2,1-3H3. The van der Waals surface area contributed by atoms with Gasteiger partial charge in [-0.3, -0.25) is 0 Å². The summed E-state index contributed by atoms with van der Waals surface area (Å²) in [5, 5.41) is 6.15. The fourth-order valence-electron chi connectivity index (χ4n) is 2.71.